The number of hydrogen-bond acceptors (Lipinski definition) is 2. The Labute approximate surface area is 109 Å². The van der Waals surface area contributed by atoms with Crippen LogP contribution in [0.15, 0.2) is 30.9 Å². The fourth-order valence-corrected chi connectivity index (χ4v) is 1.57. The number of carbonyl (C=O) groups is 1. The molecule has 1 N–H and O–H groups in total. The normalized spacial score (nSPS) is 9.89. The fraction of sp³-hybridized carbons (Fsp3) is 0.400. The highest BCUT2D eigenvalue weighted by molar-refractivity contribution is 5.75. The van der Waals surface area contributed by atoms with E-state index in [-0.39, 0.29) is 5.91 Å². The molecule has 0 aromatic heterocycles. The Morgan fingerprint density at radius 2 is 2.22 bits per heavy atom. The van der Waals surface area contributed by atoms with E-state index in [1.807, 2.05) is 19.1 Å². The number of amides is 1. The van der Waals surface area contributed by atoms with Crippen LogP contribution in [0.3, 0.4) is 0 Å². The first-order valence-corrected chi connectivity index (χ1v) is 6.21. The van der Waals surface area contributed by atoms with Crippen molar-refractivity contribution in [1.29, 1.82) is 0 Å². The van der Waals surface area contributed by atoms with E-state index in [2.05, 4.69) is 24.9 Å². The van der Waals surface area contributed by atoms with Gasteiger partial charge in [0.2, 0.25) is 5.91 Å². The molecule has 0 bridgehead atoms. The van der Waals surface area contributed by atoms with Crippen LogP contribution in [0.25, 0.3) is 0 Å². The van der Waals surface area contributed by atoms with Gasteiger partial charge in [0.25, 0.3) is 0 Å². The number of nitrogens with one attached hydrogen (secondary N) is 1. The first-order valence-electron chi connectivity index (χ1n) is 6.21. The summed E-state index contributed by atoms with van der Waals surface area (Å²) in [7, 11) is 0. The van der Waals surface area contributed by atoms with Crippen LogP contribution >= 0.6 is 0 Å². The highest BCUT2D eigenvalue weighted by Crippen LogP contribution is 2.20. The lowest BCUT2D eigenvalue weighted by Crippen LogP contribution is -2.23. The van der Waals surface area contributed by atoms with Gasteiger partial charge in [-0.05, 0) is 37.5 Å². The molecule has 0 heterocycles. The molecule has 0 aliphatic heterocycles. The van der Waals surface area contributed by atoms with Crippen molar-refractivity contribution in [2.45, 2.75) is 26.7 Å². The van der Waals surface area contributed by atoms with Gasteiger partial charge >= 0.3 is 0 Å². The van der Waals surface area contributed by atoms with Gasteiger partial charge in [0, 0.05) is 13.0 Å². The van der Waals surface area contributed by atoms with Crippen LogP contribution in [0.5, 0.6) is 5.75 Å². The average Bonchev–Trinajstić information content (AvgIpc) is 2.37. The molecule has 18 heavy (non-hydrogen) atoms. The molecule has 0 aliphatic carbocycles. The van der Waals surface area contributed by atoms with E-state index in [0.717, 1.165) is 17.7 Å². The number of hydrogen-bond donors (Lipinski definition) is 1. The predicted molar refractivity (Wildman–Crippen MR) is 73.9 cm³/mol. The van der Waals surface area contributed by atoms with Crippen molar-refractivity contribution in [2.75, 3.05) is 13.2 Å². The maximum Gasteiger partial charge on any atom is 0.220 e. The highest BCUT2D eigenvalue weighted by Gasteiger charge is 2.03. The minimum atomic E-state index is 0.0412. The lowest BCUT2D eigenvalue weighted by molar-refractivity contribution is -0.121. The SMILES string of the molecule is C=CCNC(=O)CCCOc1cccc(C)c1C. The molecule has 0 radical (unpaired) electrons. The lowest BCUT2D eigenvalue weighted by Gasteiger charge is -2.10. The van der Waals surface area contributed by atoms with Crippen LogP contribution in [0.4, 0.5) is 0 Å². The van der Waals surface area contributed by atoms with Gasteiger partial charge in [-0.25, -0.2) is 0 Å². The maximum absolute atomic E-state index is 11.3. The second-order valence-electron chi connectivity index (χ2n) is 4.24. The highest BCUT2D eigenvalue weighted by atomic mass is 16.5. The summed E-state index contributed by atoms with van der Waals surface area (Å²) in [5.41, 5.74) is 2.38. The largest absolute Gasteiger partial charge is 0.493 e. The minimum Gasteiger partial charge on any atom is -0.493 e. The number of carbonyl (C=O) groups excluding carboxylic acids is 1. The Morgan fingerprint density at radius 3 is 2.94 bits per heavy atom. The summed E-state index contributed by atoms with van der Waals surface area (Å²) in [6.45, 7) is 8.74. The third-order valence-corrected chi connectivity index (χ3v) is 2.80. The topological polar surface area (TPSA) is 38.3 Å². The van der Waals surface area contributed by atoms with Gasteiger partial charge in [-0.2, -0.15) is 0 Å². The van der Waals surface area contributed by atoms with E-state index in [1.54, 1.807) is 6.08 Å². The summed E-state index contributed by atoms with van der Waals surface area (Å²) in [5.74, 6) is 0.945. The first-order chi connectivity index (χ1) is 8.65. The van der Waals surface area contributed by atoms with Crippen LogP contribution in [-0.4, -0.2) is 19.1 Å². The van der Waals surface area contributed by atoms with Gasteiger partial charge in [-0.1, -0.05) is 18.2 Å². The van der Waals surface area contributed by atoms with Crippen molar-refractivity contribution in [3.63, 3.8) is 0 Å². The van der Waals surface area contributed by atoms with Gasteiger partial charge in [0.1, 0.15) is 5.75 Å². The Balaban J connectivity index is 2.27. The van der Waals surface area contributed by atoms with E-state index in [0.29, 0.717) is 19.6 Å². The summed E-state index contributed by atoms with van der Waals surface area (Å²) < 4.78 is 5.67. The minimum absolute atomic E-state index is 0.0412. The van der Waals surface area contributed by atoms with Crippen molar-refractivity contribution in [3.05, 3.63) is 42.0 Å². The molecule has 1 aromatic rings. The van der Waals surface area contributed by atoms with Gasteiger partial charge in [-0.15, -0.1) is 6.58 Å². The maximum atomic E-state index is 11.3. The molecule has 0 saturated heterocycles. The van der Waals surface area contributed by atoms with Crippen molar-refractivity contribution < 1.29 is 9.53 Å². The van der Waals surface area contributed by atoms with Crippen LogP contribution in [0.1, 0.15) is 24.0 Å². The molecule has 1 amide bonds. The first kappa shape index (κ1) is 14.3. The number of ether oxygens (including phenoxy) is 1. The van der Waals surface area contributed by atoms with Crippen LogP contribution in [-0.2, 0) is 4.79 Å². The Kier molecular flexibility index (Phi) is 5.98. The third kappa shape index (κ3) is 4.62. The molecule has 0 aliphatic rings. The Morgan fingerprint density at radius 1 is 1.44 bits per heavy atom. The van der Waals surface area contributed by atoms with Crippen molar-refractivity contribution in [1.82, 2.24) is 5.32 Å². The van der Waals surface area contributed by atoms with E-state index < -0.39 is 0 Å². The molecule has 3 nitrogen and oxygen atoms in total. The second kappa shape index (κ2) is 7.54. The molecule has 0 unspecified atom stereocenters. The molecular formula is C15H21NO2. The summed E-state index contributed by atoms with van der Waals surface area (Å²) in [6.07, 6.45) is 2.87. The van der Waals surface area contributed by atoms with E-state index in [1.165, 1.54) is 5.56 Å². The molecule has 0 saturated carbocycles. The third-order valence-electron chi connectivity index (χ3n) is 2.80. The van der Waals surface area contributed by atoms with Crippen molar-refractivity contribution in [2.24, 2.45) is 0 Å². The summed E-state index contributed by atoms with van der Waals surface area (Å²) in [4.78, 5) is 11.3. The number of aryl methyl sites for hydroxylation is 1. The smallest absolute Gasteiger partial charge is 0.220 e. The number of rotatable bonds is 7. The standard InChI is InChI=1S/C15H21NO2/c1-4-10-16-15(17)9-6-11-18-14-8-5-7-12(2)13(14)3/h4-5,7-8H,1,6,9-11H2,2-3H3,(H,16,17). The number of benzene rings is 1. The predicted octanol–water partition coefficient (Wildman–Crippen LogP) is 2.76. The summed E-state index contributed by atoms with van der Waals surface area (Å²) in [6, 6.07) is 6.00. The average molecular weight is 247 g/mol. The lowest BCUT2D eigenvalue weighted by atomic mass is 10.1. The zero-order valence-electron chi connectivity index (χ0n) is 11.2. The Bertz CT molecular complexity index is 413. The van der Waals surface area contributed by atoms with Crippen LogP contribution in [0.2, 0.25) is 0 Å². The van der Waals surface area contributed by atoms with Crippen LogP contribution in [0, 0.1) is 13.8 Å². The molecule has 0 spiro atoms. The monoisotopic (exact) mass is 247 g/mol. The second-order valence-corrected chi connectivity index (χ2v) is 4.24. The molecule has 0 fully saturated rings. The van der Waals surface area contributed by atoms with Crippen LogP contribution < -0.4 is 10.1 Å². The fourth-order valence-electron chi connectivity index (χ4n) is 1.57. The van der Waals surface area contributed by atoms with Gasteiger partial charge in [0.15, 0.2) is 0 Å². The van der Waals surface area contributed by atoms with Crippen molar-refractivity contribution in [3.8, 4) is 5.75 Å². The zero-order chi connectivity index (χ0) is 13.4. The summed E-state index contributed by atoms with van der Waals surface area (Å²) >= 11 is 0. The molecule has 3 heteroatoms. The quantitative estimate of drug-likeness (QED) is 0.594. The molecule has 0 atom stereocenters. The van der Waals surface area contributed by atoms with Gasteiger partial charge in [-0.3, -0.25) is 4.79 Å². The van der Waals surface area contributed by atoms with Gasteiger partial charge in [0.05, 0.1) is 6.61 Å². The molecule has 98 valence electrons. The van der Waals surface area contributed by atoms with Crippen molar-refractivity contribution >= 4 is 5.91 Å². The van der Waals surface area contributed by atoms with E-state index in [9.17, 15) is 4.79 Å². The summed E-state index contributed by atoms with van der Waals surface area (Å²) in [5, 5.41) is 2.74. The molecule has 1 aromatic carbocycles. The van der Waals surface area contributed by atoms with E-state index in [4.69, 9.17) is 4.74 Å². The Hall–Kier alpha value is -1.77. The van der Waals surface area contributed by atoms with E-state index >= 15 is 0 Å². The molecular weight excluding hydrogens is 226 g/mol. The van der Waals surface area contributed by atoms with Gasteiger partial charge < -0.3 is 10.1 Å². The molecule has 1 rings (SSSR count). The zero-order valence-corrected chi connectivity index (χ0v) is 11.2.